The van der Waals surface area contributed by atoms with Crippen LogP contribution in [0.2, 0.25) is 5.02 Å². The van der Waals surface area contributed by atoms with E-state index in [-0.39, 0.29) is 6.09 Å². The van der Waals surface area contributed by atoms with E-state index in [4.69, 9.17) is 16.3 Å². The Morgan fingerprint density at radius 3 is 2.91 bits per heavy atom. The van der Waals surface area contributed by atoms with Crippen LogP contribution in [0.15, 0.2) is 18.5 Å². The maximum absolute atomic E-state index is 12.2. The molecule has 0 unspecified atom stereocenters. The highest BCUT2D eigenvalue weighted by Crippen LogP contribution is 2.27. The highest BCUT2D eigenvalue weighted by atomic mass is 35.5. The molecule has 1 aliphatic rings. The van der Waals surface area contributed by atoms with E-state index in [0.717, 1.165) is 17.0 Å². The van der Waals surface area contributed by atoms with Crippen molar-refractivity contribution in [3.63, 3.8) is 0 Å². The van der Waals surface area contributed by atoms with Crippen LogP contribution in [-0.2, 0) is 17.7 Å². The van der Waals surface area contributed by atoms with Gasteiger partial charge >= 0.3 is 6.09 Å². The minimum Gasteiger partial charge on any atom is -0.444 e. The number of carbonyl (C=O) groups excluding carboxylic acids is 1. The zero-order valence-electron chi connectivity index (χ0n) is 13.4. The van der Waals surface area contributed by atoms with Crippen LogP contribution in [0.25, 0.3) is 11.4 Å². The van der Waals surface area contributed by atoms with Gasteiger partial charge in [-0.3, -0.25) is 4.98 Å². The van der Waals surface area contributed by atoms with E-state index < -0.39 is 5.60 Å². The van der Waals surface area contributed by atoms with Crippen LogP contribution in [0.4, 0.5) is 4.79 Å². The number of H-pyrrole nitrogens is 1. The molecule has 0 bridgehead atoms. The SMILES string of the molecule is CC(C)(C)OC(=O)N1CCc2nc(-c3ccncc3Cl)[nH]c2C1. The second kappa shape index (κ2) is 5.85. The molecule has 122 valence electrons. The zero-order valence-corrected chi connectivity index (χ0v) is 14.1. The average molecular weight is 335 g/mol. The highest BCUT2D eigenvalue weighted by molar-refractivity contribution is 6.33. The van der Waals surface area contributed by atoms with Crippen molar-refractivity contribution in [1.29, 1.82) is 0 Å². The number of imidazole rings is 1. The molecule has 0 aliphatic carbocycles. The van der Waals surface area contributed by atoms with Gasteiger partial charge < -0.3 is 14.6 Å². The molecule has 23 heavy (non-hydrogen) atoms. The minimum atomic E-state index is -0.499. The van der Waals surface area contributed by atoms with Gasteiger partial charge in [-0.25, -0.2) is 9.78 Å². The summed E-state index contributed by atoms with van der Waals surface area (Å²) < 4.78 is 5.43. The van der Waals surface area contributed by atoms with Gasteiger partial charge in [0, 0.05) is 30.9 Å². The van der Waals surface area contributed by atoms with Crippen LogP contribution in [0.5, 0.6) is 0 Å². The standard InChI is InChI=1S/C16H19ClN4O2/c1-16(2,3)23-15(22)21-7-5-12-13(9-21)20-14(19-12)10-4-6-18-8-11(10)17/h4,6,8H,5,7,9H2,1-3H3,(H,19,20). The van der Waals surface area contributed by atoms with Gasteiger partial charge in [-0.05, 0) is 26.8 Å². The van der Waals surface area contributed by atoms with Crippen LogP contribution < -0.4 is 0 Å². The van der Waals surface area contributed by atoms with Crippen molar-refractivity contribution in [3.8, 4) is 11.4 Å². The van der Waals surface area contributed by atoms with Gasteiger partial charge in [-0.2, -0.15) is 0 Å². The summed E-state index contributed by atoms with van der Waals surface area (Å²) in [5.41, 5.74) is 2.19. The molecule has 6 nitrogen and oxygen atoms in total. The van der Waals surface area contributed by atoms with Gasteiger partial charge in [0.25, 0.3) is 0 Å². The first kappa shape index (κ1) is 15.8. The molecular formula is C16H19ClN4O2. The summed E-state index contributed by atoms with van der Waals surface area (Å²) in [7, 11) is 0. The van der Waals surface area contributed by atoms with Gasteiger partial charge in [0.2, 0.25) is 0 Å². The van der Waals surface area contributed by atoms with Crippen molar-refractivity contribution >= 4 is 17.7 Å². The Balaban J connectivity index is 1.80. The number of rotatable bonds is 1. The lowest BCUT2D eigenvalue weighted by Gasteiger charge is -2.29. The summed E-state index contributed by atoms with van der Waals surface area (Å²) in [6.07, 6.45) is 3.65. The molecule has 2 aromatic rings. The van der Waals surface area contributed by atoms with E-state index in [2.05, 4.69) is 15.0 Å². The Bertz CT molecular complexity index is 736. The first-order valence-electron chi connectivity index (χ1n) is 7.49. The van der Waals surface area contributed by atoms with E-state index in [9.17, 15) is 4.79 Å². The Labute approximate surface area is 139 Å². The molecule has 0 saturated heterocycles. The molecule has 2 aromatic heterocycles. The Hall–Kier alpha value is -2.08. The number of aromatic amines is 1. The van der Waals surface area contributed by atoms with Crippen LogP contribution in [0.3, 0.4) is 0 Å². The molecule has 3 rings (SSSR count). The lowest BCUT2D eigenvalue weighted by Crippen LogP contribution is -2.39. The largest absolute Gasteiger partial charge is 0.444 e. The molecule has 1 amide bonds. The number of fused-ring (bicyclic) bond motifs is 1. The number of aromatic nitrogens is 3. The van der Waals surface area contributed by atoms with Crippen molar-refractivity contribution in [3.05, 3.63) is 34.9 Å². The minimum absolute atomic E-state index is 0.304. The fourth-order valence-electron chi connectivity index (χ4n) is 2.47. The normalized spacial score (nSPS) is 14.5. The molecule has 0 radical (unpaired) electrons. The molecule has 7 heteroatoms. The summed E-state index contributed by atoms with van der Waals surface area (Å²) in [6, 6.07) is 1.82. The lowest BCUT2D eigenvalue weighted by atomic mass is 10.1. The fourth-order valence-corrected chi connectivity index (χ4v) is 2.68. The second-order valence-electron chi connectivity index (χ2n) is 6.52. The lowest BCUT2D eigenvalue weighted by molar-refractivity contribution is 0.0221. The summed E-state index contributed by atoms with van der Waals surface area (Å²) in [5.74, 6) is 0.702. The highest BCUT2D eigenvalue weighted by Gasteiger charge is 2.27. The summed E-state index contributed by atoms with van der Waals surface area (Å²) in [5, 5.41) is 0.544. The summed E-state index contributed by atoms with van der Waals surface area (Å²) in [6.45, 7) is 6.64. The second-order valence-corrected chi connectivity index (χ2v) is 6.93. The van der Waals surface area contributed by atoms with Crippen molar-refractivity contribution in [1.82, 2.24) is 19.9 Å². The fraction of sp³-hybridized carbons (Fsp3) is 0.438. The van der Waals surface area contributed by atoms with Crippen LogP contribution in [-0.4, -0.2) is 38.1 Å². The maximum atomic E-state index is 12.2. The van der Waals surface area contributed by atoms with E-state index >= 15 is 0 Å². The molecule has 1 aliphatic heterocycles. The topological polar surface area (TPSA) is 71.1 Å². The number of hydrogen-bond donors (Lipinski definition) is 1. The average Bonchev–Trinajstić information content (AvgIpc) is 2.88. The van der Waals surface area contributed by atoms with Crippen LogP contribution >= 0.6 is 11.6 Å². The first-order chi connectivity index (χ1) is 10.8. The molecular weight excluding hydrogens is 316 g/mol. The van der Waals surface area contributed by atoms with Gasteiger partial charge in [-0.15, -0.1) is 0 Å². The molecule has 3 heterocycles. The Morgan fingerprint density at radius 1 is 1.43 bits per heavy atom. The van der Waals surface area contributed by atoms with E-state index in [1.807, 2.05) is 26.8 Å². The maximum Gasteiger partial charge on any atom is 0.410 e. The number of halogens is 1. The molecule has 1 N–H and O–H groups in total. The number of hydrogen-bond acceptors (Lipinski definition) is 4. The number of nitrogens with zero attached hydrogens (tertiary/aromatic N) is 3. The molecule has 0 atom stereocenters. The van der Waals surface area contributed by atoms with E-state index in [1.54, 1.807) is 17.3 Å². The number of nitrogens with one attached hydrogen (secondary N) is 1. The molecule has 0 spiro atoms. The first-order valence-corrected chi connectivity index (χ1v) is 7.87. The molecule has 0 saturated carbocycles. The van der Waals surface area contributed by atoms with Crippen LogP contribution in [0, 0.1) is 0 Å². The molecule has 0 fully saturated rings. The Kier molecular flexibility index (Phi) is 4.02. The van der Waals surface area contributed by atoms with Gasteiger partial charge in [0.1, 0.15) is 11.4 Å². The van der Waals surface area contributed by atoms with Crippen molar-refractivity contribution in [2.24, 2.45) is 0 Å². The number of carbonyl (C=O) groups is 1. The predicted octanol–water partition coefficient (Wildman–Crippen LogP) is 3.42. The molecule has 0 aromatic carbocycles. The third kappa shape index (κ3) is 3.47. The number of pyridine rings is 1. The van der Waals surface area contributed by atoms with Gasteiger partial charge in [0.05, 0.1) is 23.0 Å². The van der Waals surface area contributed by atoms with Gasteiger partial charge in [0.15, 0.2) is 0 Å². The van der Waals surface area contributed by atoms with E-state index in [1.165, 1.54) is 0 Å². The van der Waals surface area contributed by atoms with Crippen LogP contribution in [0.1, 0.15) is 32.2 Å². The predicted molar refractivity (Wildman–Crippen MR) is 87.2 cm³/mol. The number of ether oxygens (including phenoxy) is 1. The van der Waals surface area contributed by atoms with Gasteiger partial charge in [-0.1, -0.05) is 11.6 Å². The van der Waals surface area contributed by atoms with Crippen molar-refractivity contribution < 1.29 is 9.53 Å². The zero-order chi connectivity index (χ0) is 16.6. The van der Waals surface area contributed by atoms with Crippen molar-refractivity contribution in [2.45, 2.75) is 39.3 Å². The third-order valence-corrected chi connectivity index (χ3v) is 3.81. The smallest absolute Gasteiger partial charge is 0.410 e. The Morgan fingerprint density at radius 2 is 2.22 bits per heavy atom. The quantitative estimate of drug-likeness (QED) is 0.867. The summed E-state index contributed by atoms with van der Waals surface area (Å²) >= 11 is 6.17. The number of amides is 1. The monoisotopic (exact) mass is 334 g/mol. The summed E-state index contributed by atoms with van der Waals surface area (Å²) in [4.78, 5) is 25.7. The van der Waals surface area contributed by atoms with E-state index in [0.29, 0.717) is 30.4 Å². The third-order valence-electron chi connectivity index (χ3n) is 3.51. The van der Waals surface area contributed by atoms with Crippen molar-refractivity contribution in [2.75, 3.05) is 6.54 Å².